The number of rotatable bonds is 5. The van der Waals surface area contributed by atoms with Crippen molar-refractivity contribution in [3.05, 3.63) is 40.9 Å². The fraction of sp³-hybridized carbons (Fsp3) is 0.412. The molecule has 3 rings (SSSR count). The summed E-state index contributed by atoms with van der Waals surface area (Å²) in [7, 11) is -3.63. The maximum atomic E-state index is 13.3. The molecule has 1 aliphatic heterocycles. The van der Waals surface area contributed by atoms with E-state index in [9.17, 15) is 13.2 Å². The number of halogens is 1. The highest BCUT2D eigenvalue weighted by Crippen LogP contribution is 2.33. The molecule has 9 heteroatoms. The Morgan fingerprint density at radius 3 is 2.85 bits per heavy atom. The van der Waals surface area contributed by atoms with Crippen LogP contribution in [-0.4, -0.2) is 40.8 Å². The molecule has 1 amide bonds. The first kappa shape index (κ1) is 19.1. The molecule has 1 N–H and O–H groups in total. The standard InChI is InChI=1S/C17H21BrN4O3S/c1-12-8-16(20-13(2)23)15(18)9-17(12)26(24,25)22-6-3-4-14(22)10-21-7-5-19-11-21/h5,7-9,11,14H,3-4,6,10H2,1-2H3,(H,20,23). The van der Waals surface area contributed by atoms with Gasteiger partial charge in [0.25, 0.3) is 0 Å². The number of carbonyl (C=O) groups excluding carboxylic acids is 1. The van der Waals surface area contributed by atoms with Crippen molar-refractivity contribution >= 4 is 37.5 Å². The largest absolute Gasteiger partial charge is 0.336 e. The molecule has 0 aliphatic carbocycles. The SMILES string of the molecule is CC(=O)Nc1cc(C)c(S(=O)(=O)N2CCCC2Cn2ccnc2)cc1Br. The van der Waals surface area contributed by atoms with E-state index in [1.165, 1.54) is 6.92 Å². The van der Waals surface area contributed by atoms with Crippen LogP contribution in [0.2, 0.25) is 0 Å². The number of amides is 1. The smallest absolute Gasteiger partial charge is 0.243 e. The van der Waals surface area contributed by atoms with Gasteiger partial charge in [0.2, 0.25) is 15.9 Å². The molecule has 1 aliphatic rings. The van der Waals surface area contributed by atoms with Crippen LogP contribution < -0.4 is 5.32 Å². The number of sulfonamides is 1. The van der Waals surface area contributed by atoms with Crippen LogP contribution >= 0.6 is 15.9 Å². The van der Waals surface area contributed by atoms with Crippen molar-refractivity contribution in [3.8, 4) is 0 Å². The maximum Gasteiger partial charge on any atom is 0.243 e. The van der Waals surface area contributed by atoms with Crippen LogP contribution in [0.1, 0.15) is 25.3 Å². The Bertz CT molecular complexity index is 912. The van der Waals surface area contributed by atoms with Crippen LogP contribution in [0, 0.1) is 6.92 Å². The Hall–Kier alpha value is -1.71. The zero-order valence-corrected chi connectivity index (χ0v) is 17.0. The van der Waals surface area contributed by atoms with Crippen molar-refractivity contribution in [3.63, 3.8) is 0 Å². The number of hydrogen-bond acceptors (Lipinski definition) is 4. The lowest BCUT2D eigenvalue weighted by Gasteiger charge is -2.25. The second kappa shape index (κ2) is 7.50. The van der Waals surface area contributed by atoms with E-state index in [1.807, 2.05) is 10.8 Å². The van der Waals surface area contributed by atoms with Crippen molar-refractivity contribution in [2.45, 2.75) is 44.2 Å². The second-order valence-corrected chi connectivity index (χ2v) is 9.16. The number of nitrogens with zero attached hydrogens (tertiary/aromatic N) is 3. The number of nitrogens with one attached hydrogen (secondary N) is 1. The monoisotopic (exact) mass is 440 g/mol. The van der Waals surface area contributed by atoms with Gasteiger partial charge < -0.3 is 9.88 Å². The van der Waals surface area contributed by atoms with E-state index in [4.69, 9.17) is 0 Å². The van der Waals surface area contributed by atoms with Crippen LogP contribution in [0.4, 0.5) is 5.69 Å². The van der Waals surface area contributed by atoms with Crippen molar-refractivity contribution in [2.75, 3.05) is 11.9 Å². The van der Waals surface area contributed by atoms with E-state index in [-0.39, 0.29) is 16.8 Å². The van der Waals surface area contributed by atoms with Gasteiger partial charge >= 0.3 is 0 Å². The first-order valence-electron chi connectivity index (χ1n) is 8.34. The summed E-state index contributed by atoms with van der Waals surface area (Å²) in [5.74, 6) is -0.208. The number of benzene rings is 1. The van der Waals surface area contributed by atoms with Gasteiger partial charge in [-0.25, -0.2) is 13.4 Å². The lowest BCUT2D eigenvalue weighted by molar-refractivity contribution is -0.114. The summed E-state index contributed by atoms with van der Waals surface area (Å²) in [6.07, 6.45) is 6.89. The molecular weight excluding hydrogens is 420 g/mol. The molecule has 0 saturated carbocycles. The Kier molecular flexibility index (Phi) is 5.50. The summed E-state index contributed by atoms with van der Waals surface area (Å²) in [6, 6.07) is 3.16. The Labute approximate surface area is 161 Å². The number of aryl methyl sites for hydroxylation is 1. The van der Waals surface area contributed by atoms with Crippen molar-refractivity contribution in [2.24, 2.45) is 0 Å². The van der Waals surface area contributed by atoms with Crippen LogP contribution in [0.5, 0.6) is 0 Å². The molecule has 1 aromatic carbocycles. The van der Waals surface area contributed by atoms with Crippen LogP contribution in [0.15, 0.2) is 40.2 Å². The fourth-order valence-corrected chi connectivity index (χ4v) is 5.81. The average Bonchev–Trinajstić information content (AvgIpc) is 3.22. The minimum absolute atomic E-state index is 0.0950. The summed E-state index contributed by atoms with van der Waals surface area (Å²) in [5, 5.41) is 2.70. The number of aromatic nitrogens is 2. The number of carbonyl (C=O) groups is 1. The van der Waals surface area contributed by atoms with Crippen molar-refractivity contribution in [1.29, 1.82) is 0 Å². The van der Waals surface area contributed by atoms with Gasteiger partial charge in [-0.1, -0.05) is 0 Å². The molecule has 7 nitrogen and oxygen atoms in total. The molecule has 0 radical (unpaired) electrons. The van der Waals surface area contributed by atoms with Gasteiger partial charge in [0, 0.05) is 42.9 Å². The topological polar surface area (TPSA) is 84.3 Å². The van der Waals surface area contributed by atoms with Crippen LogP contribution in [0.25, 0.3) is 0 Å². The summed E-state index contributed by atoms with van der Waals surface area (Å²) in [4.78, 5) is 15.6. The van der Waals surface area contributed by atoms with E-state index in [1.54, 1.807) is 35.9 Å². The van der Waals surface area contributed by atoms with Gasteiger partial charge in [0.1, 0.15) is 0 Å². The highest BCUT2D eigenvalue weighted by molar-refractivity contribution is 9.10. The number of anilines is 1. The second-order valence-electron chi connectivity index (χ2n) is 6.45. The summed E-state index contributed by atoms with van der Waals surface area (Å²) in [5.41, 5.74) is 1.16. The van der Waals surface area contributed by atoms with Gasteiger partial charge in [-0.15, -0.1) is 0 Å². The molecule has 1 fully saturated rings. The summed E-state index contributed by atoms with van der Waals surface area (Å²) >= 11 is 3.36. The van der Waals surface area contributed by atoms with Crippen LogP contribution in [0.3, 0.4) is 0 Å². The minimum Gasteiger partial charge on any atom is -0.336 e. The van der Waals surface area contributed by atoms with E-state index >= 15 is 0 Å². The highest BCUT2D eigenvalue weighted by atomic mass is 79.9. The Morgan fingerprint density at radius 1 is 1.42 bits per heavy atom. The Morgan fingerprint density at radius 2 is 2.19 bits per heavy atom. The predicted molar refractivity (Wildman–Crippen MR) is 102 cm³/mol. The molecule has 2 aromatic rings. The number of imidazole rings is 1. The zero-order valence-electron chi connectivity index (χ0n) is 14.6. The zero-order chi connectivity index (χ0) is 18.9. The van der Waals surface area contributed by atoms with Gasteiger partial charge in [0.05, 0.1) is 16.9 Å². The predicted octanol–water partition coefficient (Wildman–Crippen LogP) is 2.77. The van der Waals surface area contributed by atoms with Crippen LogP contribution in [-0.2, 0) is 21.4 Å². The van der Waals surface area contributed by atoms with E-state index in [2.05, 4.69) is 26.2 Å². The molecule has 1 unspecified atom stereocenters. The molecule has 1 saturated heterocycles. The first-order chi connectivity index (χ1) is 12.3. The van der Waals surface area contributed by atoms with Crippen molar-refractivity contribution < 1.29 is 13.2 Å². The quantitative estimate of drug-likeness (QED) is 0.774. The fourth-order valence-electron chi connectivity index (χ4n) is 3.30. The molecule has 2 heterocycles. The van der Waals surface area contributed by atoms with E-state index in [0.29, 0.717) is 28.8 Å². The van der Waals surface area contributed by atoms with E-state index in [0.717, 1.165) is 12.8 Å². The minimum atomic E-state index is -3.63. The molecule has 1 atom stereocenters. The lowest BCUT2D eigenvalue weighted by Crippen LogP contribution is -2.38. The highest BCUT2D eigenvalue weighted by Gasteiger charge is 2.36. The molecule has 1 aromatic heterocycles. The number of hydrogen-bond donors (Lipinski definition) is 1. The van der Waals surface area contributed by atoms with Gasteiger partial charge in [-0.05, 0) is 53.4 Å². The molecular formula is C17H21BrN4O3S. The Balaban J connectivity index is 1.91. The van der Waals surface area contributed by atoms with Crippen molar-refractivity contribution in [1.82, 2.24) is 13.9 Å². The maximum absolute atomic E-state index is 13.3. The van der Waals surface area contributed by atoms with Gasteiger partial charge in [-0.3, -0.25) is 4.79 Å². The lowest BCUT2D eigenvalue weighted by atomic mass is 10.2. The molecule has 0 bridgehead atoms. The van der Waals surface area contributed by atoms with E-state index < -0.39 is 10.0 Å². The van der Waals surface area contributed by atoms with Gasteiger partial charge in [0.15, 0.2) is 0 Å². The molecule has 140 valence electrons. The molecule has 26 heavy (non-hydrogen) atoms. The first-order valence-corrected chi connectivity index (χ1v) is 10.6. The normalized spacial score (nSPS) is 18.2. The average molecular weight is 441 g/mol. The van der Waals surface area contributed by atoms with Gasteiger partial charge in [-0.2, -0.15) is 4.31 Å². The third-order valence-corrected chi connectivity index (χ3v) is 7.22. The molecule has 0 spiro atoms. The summed E-state index contributed by atoms with van der Waals surface area (Å²) < 4.78 is 30.6. The summed E-state index contributed by atoms with van der Waals surface area (Å²) in [6.45, 7) is 4.25. The third-order valence-electron chi connectivity index (χ3n) is 4.47. The third kappa shape index (κ3) is 3.84.